The number of carbonyl (C=O) groups excluding carboxylic acids is 1. The molecule has 0 amide bonds. The molecule has 0 radical (unpaired) electrons. The summed E-state index contributed by atoms with van der Waals surface area (Å²) in [5.41, 5.74) is 1.85. The van der Waals surface area contributed by atoms with Crippen molar-refractivity contribution in [1.82, 2.24) is 0 Å². The first kappa shape index (κ1) is 13.5. The zero-order valence-electron chi connectivity index (χ0n) is 10.8. The highest BCUT2D eigenvalue weighted by Crippen LogP contribution is 2.40. The van der Waals surface area contributed by atoms with Gasteiger partial charge in [0.1, 0.15) is 17.6 Å². The lowest BCUT2D eigenvalue weighted by Gasteiger charge is -2.07. The Balaban J connectivity index is 2.00. The van der Waals surface area contributed by atoms with Crippen LogP contribution in [0.15, 0.2) is 28.7 Å². The number of hydrogen-bond acceptors (Lipinski definition) is 3. The number of halogens is 2. The summed E-state index contributed by atoms with van der Waals surface area (Å²) in [5, 5.41) is 0.533. The summed E-state index contributed by atoms with van der Waals surface area (Å²) in [6, 6.07) is 7.18. The van der Waals surface area contributed by atoms with E-state index < -0.39 is 0 Å². The minimum absolute atomic E-state index is 0.0381. The second-order valence-corrected chi connectivity index (χ2v) is 5.48. The number of ketones is 1. The lowest BCUT2D eigenvalue weighted by molar-refractivity contribution is 0.0988. The van der Waals surface area contributed by atoms with E-state index in [9.17, 15) is 4.79 Å². The van der Waals surface area contributed by atoms with Crippen molar-refractivity contribution in [3.63, 3.8) is 0 Å². The molecular formula is C15H12Cl2O3. The molecule has 1 aromatic carbocycles. The molecule has 1 aliphatic heterocycles. The van der Waals surface area contributed by atoms with Gasteiger partial charge in [-0.05, 0) is 24.3 Å². The largest absolute Gasteiger partial charge is 0.487 e. The third-order valence-electron chi connectivity index (χ3n) is 3.26. The summed E-state index contributed by atoms with van der Waals surface area (Å²) < 4.78 is 11.2. The van der Waals surface area contributed by atoms with Crippen LogP contribution in [0.3, 0.4) is 0 Å². The van der Waals surface area contributed by atoms with Crippen molar-refractivity contribution in [2.45, 2.75) is 19.4 Å². The number of benzene rings is 1. The van der Waals surface area contributed by atoms with E-state index in [4.69, 9.17) is 32.4 Å². The summed E-state index contributed by atoms with van der Waals surface area (Å²) >= 11 is 12.1. The number of carbonyl (C=O) groups is 1. The minimum atomic E-state index is -0.103. The van der Waals surface area contributed by atoms with E-state index in [1.54, 1.807) is 18.2 Å². The van der Waals surface area contributed by atoms with Crippen molar-refractivity contribution in [3.05, 3.63) is 40.6 Å². The van der Waals surface area contributed by atoms with Gasteiger partial charge in [-0.2, -0.15) is 0 Å². The van der Waals surface area contributed by atoms with Gasteiger partial charge in [0.05, 0.1) is 10.9 Å². The molecule has 0 saturated carbocycles. The van der Waals surface area contributed by atoms with E-state index >= 15 is 0 Å². The van der Waals surface area contributed by atoms with Gasteiger partial charge in [-0.15, -0.1) is 11.6 Å². The van der Waals surface area contributed by atoms with Crippen LogP contribution in [-0.4, -0.2) is 17.8 Å². The second kappa shape index (κ2) is 5.15. The molecule has 0 spiro atoms. The standard InChI is InChI=1S/C15H12Cl2O3/c1-8(18)13-2-3-14(20-13)9-4-10-5-11(7-16)19-15(10)12(17)6-9/h2-4,6,11H,5,7H2,1H3. The molecule has 0 aliphatic carbocycles. The van der Waals surface area contributed by atoms with Crippen LogP contribution in [0, 0.1) is 0 Å². The third-order valence-corrected chi connectivity index (χ3v) is 3.89. The fourth-order valence-corrected chi connectivity index (χ4v) is 2.75. The van der Waals surface area contributed by atoms with Gasteiger partial charge in [0.15, 0.2) is 11.5 Å². The van der Waals surface area contributed by atoms with Crippen molar-refractivity contribution < 1.29 is 13.9 Å². The molecule has 0 fully saturated rings. The van der Waals surface area contributed by atoms with E-state index in [0.29, 0.717) is 28.2 Å². The van der Waals surface area contributed by atoms with Gasteiger partial charge in [0.25, 0.3) is 0 Å². The van der Waals surface area contributed by atoms with Crippen LogP contribution in [0.1, 0.15) is 23.0 Å². The van der Waals surface area contributed by atoms with Crippen molar-refractivity contribution in [1.29, 1.82) is 0 Å². The monoisotopic (exact) mass is 310 g/mol. The average molecular weight is 311 g/mol. The molecule has 3 rings (SSSR count). The van der Waals surface area contributed by atoms with E-state index in [1.807, 2.05) is 6.07 Å². The summed E-state index contributed by atoms with van der Waals surface area (Å²) in [4.78, 5) is 11.3. The predicted octanol–water partition coefficient (Wildman–Crippen LogP) is 4.34. The maximum absolute atomic E-state index is 11.3. The van der Waals surface area contributed by atoms with Crippen LogP contribution < -0.4 is 4.74 Å². The van der Waals surface area contributed by atoms with Crippen LogP contribution in [-0.2, 0) is 6.42 Å². The highest BCUT2D eigenvalue weighted by atomic mass is 35.5. The van der Waals surface area contributed by atoms with E-state index in [0.717, 1.165) is 17.5 Å². The van der Waals surface area contributed by atoms with Crippen molar-refractivity contribution in [3.8, 4) is 17.1 Å². The summed E-state index contributed by atoms with van der Waals surface area (Å²) in [6.45, 7) is 1.47. The van der Waals surface area contributed by atoms with Crippen molar-refractivity contribution in [2.24, 2.45) is 0 Å². The number of fused-ring (bicyclic) bond motifs is 1. The maximum Gasteiger partial charge on any atom is 0.194 e. The molecule has 1 aromatic heterocycles. The zero-order chi connectivity index (χ0) is 14.3. The molecule has 0 saturated heterocycles. The van der Waals surface area contributed by atoms with Crippen molar-refractivity contribution >= 4 is 29.0 Å². The molecule has 1 aliphatic rings. The molecule has 3 nitrogen and oxygen atoms in total. The van der Waals surface area contributed by atoms with Crippen LogP contribution >= 0.6 is 23.2 Å². The summed E-state index contributed by atoms with van der Waals surface area (Å²) in [7, 11) is 0. The molecule has 2 heterocycles. The van der Waals surface area contributed by atoms with Gasteiger partial charge in [-0.3, -0.25) is 4.79 Å². The molecule has 1 atom stereocenters. The average Bonchev–Trinajstić information content (AvgIpc) is 3.05. The van der Waals surface area contributed by atoms with E-state index in [2.05, 4.69) is 0 Å². The number of rotatable bonds is 3. The lowest BCUT2D eigenvalue weighted by Crippen LogP contribution is -2.14. The highest BCUT2D eigenvalue weighted by Gasteiger charge is 2.25. The van der Waals surface area contributed by atoms with Gasteiger partial charge in [0.2, 0.25) is 0 Å². The topological polar surface area (TPSA) is 39.4 Å². The SMILES string of the molecule is CC(=O)c1ccc(-c2cc(Cl)c3c(c2)CC(CCl)O3)o1. The molecule has 0 N–H and O–H groups in total. The maximum atomic E-state index is 11.3. The van der Waals surface area contributed by atoms with E-state index in [1.165, 1.54) is 6.92 Å². The van der Waals surface area contributed by atoms with Gasteiger partial charge in [-0.1, -0.05) is 11.6 Å². The van der Waals surface area contributed by atoms with Gasteiger partial charge >= 0.3 is 0 Å². The number of furan rings is 1. The predicted molar refractivity (Wildman–Crippen MR) is 78.0 cm³/mol. The molecule has 20 heavy (non-hydrogen) atoms. The Labute approximate surface area is 126 Å². The van der Waals surface area contributed by atoms with Crippen molar-refractivity contribution in [2.75, 3.05) is 5.88 Å². The minimum Gasteiger partial charge on any atom is -0.487 e. The lowest BCUT2D eigenvalue weighted by atomic mass is 10.1. The van der Waals surface area contributed by atoms with Crippen LogP contribution in [0.2, 0.25) is 5.02 Å². The summed E-state index contributed by atoms with van der Waals surface area (Å²) in [6.07, 6.45) is 0.691. The van der Waals surface area contributed by atoms with Crippen LogP contribution in [0.5, 0.6) is 5.75 Å². The zero-order valence-corrected chi connectivity index (χ0v) is 12.3. The molecule has 0 bridgehead atoms. The van der Waals surface area contributed by atoms with Gasteiger partial charge in [-0.25, -0.2) is 0 Å². The van der Waals surface area contributed by atoms with E-state index in [-0.39, 0.29) is 11.9 Å². The number of hydrogen-bond donors (Lipinski definition) is 0. The normalized spacial score (nSPS) is 16.9. The molecule has 2 aromatic rings. The Morgan fingerprint density at radius 3 is 2.85 bits per heavy atom. The fraction of sp³-hybridized carbons (Fsp3) is 0.267. The number of Topliss-reactive ketones (excluding diaryl/α,β-unsaturated/α-hetero) is 1. The third kappa shape index (κ3) is 2.32. The number of alkyl halides is 1. The number of ether oxygens (including phenoxy) is 1. The smallest absolute Gasteiger partial charge is 0.194 e. The first-order chi connectivity index (χ1) is 9.58. The Morgan fingerprint density at radius 2 is 2.20 bits per heavy atom. The quantitative estimate of drug-likeness (QED) is 0.625. The Morgan fingerprint density at radius 1 is 1.40 bits per heavy atom. The van der Waals surface area contributed by atoms with Crippen LogP contribution in [0.25, 0.3) is 11.3 Å². The molecule has 1 unspecified atom stereocenters. The highest BCUT2D eigenvalue weighted by molar-refractivity contribution is 6.32. The first-order valence-corrected chi connectivity index (χ1v) is 7.16. The molecule has 104 valence electrons. The Hall–Kier alpha value is -1.45. The Bertz CT molecular complexity index is 676. The van der Waals surface area contributed by atoms with Gasteiger partial charge in [0, 0.05) is 24.5 Å². The molecular weight excluding hydrogens is 299 g/mol. The first-order valence-electron chi connectivity index (χ1n) is 6.24. The van der Waals surface area contributed by atoms with Crippen LogP contribution in [0.4, 0.5) is 0 Å². The fourth-order valence-electron chi connectivity index (χ4n) is 2.30. The Kier molecular flexibility index (Phi) is 3.48. The summed E-state index contributed by atoms with van der Waals surface area (Å²) in [5.74, 6) is 1.98. The molecule has 5 heteroatoms. The van der Waals surface area contributed by atoms with Gasteiger partial charge < -0.3 is 9.15 Å². The second-order valence-electron chi connectivity index (χ2n) is 4.76.